The third-order valence-corrected chi connectivity index (χ3v) is 2.84. The molecule has 1 aliphatic rings. The van der Waals surface area contributed by atoms with Gasteiger partial charge in [0.1, 0.15) is 0 Å². The van der Waals surface area contributed by atoms with Crippen molar-refractivity contribution in [2.45, 2.75) is 32.0 Å². The van der Waals surface area contributed by atoms with Crippen LogP contribution in [0, 0.1) is 0 Å². The summed E-state index contributed by atoms with van der Waals surface area (Å²) in [5.41, 5.74) is 0.758. The molecule has 0 aliphatic carbocycles. The molecule has 16 heavy (non-hydrogen) atoms. The quantitative estimate of drug-likeness (QED) is 0.733. The van der Waals surface area contributed by atoms with E-state index in [2.05, 4.69) is 0 Å². The fraction of sp³-hybridized carbons (Fsp3) is 0.462. The standard InChI is InChI=1S/C13H16O3/c1-13(7-8-15-12(14)9-13)16-10-11-5-3-2-4-6-11/h2-6H,7-10H2,1H3/t13-/m1/s1. The highest BCUT2D eigenvalue weighted by atomic mass is 16.5. The number of esters is 1. The lowest BCUT2D eigenvalue weighted by atomic mass is 9.96. The van der Waals surface area contributed by atoms with Gasteiger partial charge in [-0.25, -0.2) is 0 Å². The molecule has 0 saturated carbocycles. The molecule has 0 radical (unpaired) electrons. The average molecular weight is 220 g/mol. The molecule has 0 spiro atoms. The van der Waals surface area contributed by atoms with Gasteiger partial charge < -0.3 is 9.47 Å². The molecule has 1 heterocycles. The zero-order valence-electron chi connectivity index (χ0n) is 9.44. The van der Waals surface area contributed by atoms with Crippen LogP contribution >= 0.6 is 0 Å². The van der Waals surface area contributed by atoms with E-state index in [0.29, 0.717) is 19.6 Å². The Balaban J connectivity index is 1.91. The summed E-state index contributed by atoms with van der Waals surface area (Å²) in [4.78, 5) is 11.2. The molecule has 0 aromatic heterocycles. The first-order chi connectivity index (χ1) is 7.68. The van der Waals surface area contributed by atoms with E-state index in [1.807, 2.05) is 37.3 Å². The number of benzene rings is 1. The maximum absolute atomic E-state index is 11.2. The van der Waals surface area contributed by atoms with Gasteiger partial charge in [0.2, 0.25) is 0 Å². The van der Waals surface area contributed by atoms with Gasteiger partial charge >= 0.3 is 5.97 Å². The van der Waals surface area contributed by atoms with Gasteiger partial charge in [-0.15, -0.1) is 0 Å². The molecule has 1 aromatic rings. The van der Waals surface area contributed by atoms with Crippen molar-refractivity contribution >= 4 is 5.97 Å². The van der Waals surface area contributed by atoms with Crippen LogP contribution in [0.4, 0.5) is 0 Å². The Kier molecular flexibility index (Phi) is 3.25. The van der Waals surface area contributed by atoms with Crippen LogP contribution in [0.1, 0.15) is 25.3 Å². The fourth-order valence-electron chi connectivity index (χ4n) is 1.78. The average Bonchev–Trinajstić information content (AvgIpc) is 2.28. The fourth-order valence-corrected chi connectivity index (χ4v) is 1.78. The Labute approximate surface area is 95.4 Å². The van der Waals surface area contributed by atoms with Crippen molar-refractivity contribution in [3.05, 3.63) is 35.9 Å². The van der Waals surface area contributed by atoms with Crippen molar-refractivity contribution < 1.29 is 14.3 Å². The third-order valence-electron chi connectivity index (χ3n) is 2.84. The first-order valence-electron chi connectivity index (χ1n) is 5.51. The van der Waals surface area contributed by atoms with Crippen LogP contribution in [0.3, 0.4) is 0 Å². The van der Waals surface area contributed by atoms with Crippen LogP contribution in [0.2, 0.25) is 0 Å². The van der Waals surface area contributed by atoms with Gasteiger partial charge in [0.05, 0.1) is 25.2 Å². The van der Waals surface area contributed by atoms with Crippen LogP contribution in [0.5, 0.6) is 0 Å². The summed E-state index contributed by atoms with van der Waals surface area (Å²) in [5.74, 6) is -0.165. The zero-order chi connectivity index (χ0) is 11.4. The van der Waals surface area contributed by atoms with Crippen molar-refractivity contribution in [2.75, 3.05) is 6.61 Å². The minimum Gasteiger partial charge on any atom is -0.465 e. The lowest BCUT2D eigenvalue weighted by molar-refractivity contribution is -0.165. The normalized spacial score (nSPS) is 25.2. The highest BCUT2D eigenvalue weighted by Crippen LogP contribution is 2.26. The monoisotopic (exact) mass is 220 g/mol. The van der Waals surface area contributed by atoms with Crippen molar-refractivity contribution in [3.8, 4) is 0 Å². The third kappa shape index (κ3) is 2.83. The van der Waals surface area contributed by atoms with Crippen LogP contribution < -0.4 is 0 Å². The Bertz CT molecular complexity index is 361. The number of hydrogen-bond donors (Lipinski definition) is 0. The number of ether oxygens (including phenoxy) is 2. The molecule has 0 bridgehead atoms. The minimum atomic E-state index is -0.370. The molecule has 1 aliphatic heterocycles. The van der Waals surface area contributed by atoms with Crippen molar-refractivity contribution in [1.82, 2.24) is 0 Å². The Morgan fingerprint density at radius 2 is 2.12 bits per heavy atom. The number of carbonyl (C=O) groups is 1. The highest BCUT2D eigenvalue weighted by Gasteiger charge is 2.33. The molecule has 3 heteroatoms. The molecular formula is C13H16O3. The molecule has 1 fully saturated rings. The van der Waals surface area contributed by atoms with E-state index in [4.69, 9.17) is 9.47 Å². The maximum atomic E-state index is 11.2. The maximum Gasteiger partial charge on any atom is 0.308 e. The van der Waals surface area contributed by atoms with E-state index in [1.54, 1.807) is 0 Å². The van der Waals surface area contributed by atoms with Gasteiger partial charge in [0.25, 0.3) is 0 Å². The summed E-state index contributed by atoms with van der Waals surface area (Å²) in [6.45, 7) is 2.98. The molecular weight excluding hydrogens is 204 g/mol. The van der Waals surface area contributed by atoms with Crippen LogP contribution in [0.25, 0.3) is 0 Å². The molecule has 2 rings (SSSR count). The van der Waals surface area contributed by atoms with Crippen LogP contribution in [0.15, 0.2) is 30.3 Å². The number of hydrogen-bond acceptors (Lipinski definition) is 3. The SMILES string of the molecule is C[C@@]1(OCc2ccccc2)CCOC(=O)C1. The Hall–Kier alpha value is -1.35. The summed E-state index contributed by atoms with van der Waals surface area (Å²) in [5, 5.41) is 0. The van der Waals surface area contributed by atoms with E-state index in [-0.39, 0.29) is 11.6 Å². The largest absolute Gasteiger partial charge is 0.465 e. The van der Waals surface area contributed by atoms with Crippen LogP contribution in [-0.2, 0) is 20.9 Å². The second-order valence-electron chi connectivity index (χ2n) is 4.37. The van der Waals surface area contributed by atoms with Crippen molar-refractivity contribution in [3.63, 3.8) is 0 Å². The van der Waals surface area contributed by atoms with Crippen molar-refractivity contribution in [2.24, 2.45) is 0 Å². The molecule has 1 atom stereocenters. The predicted octanol–water partition coefficient (Wildman–Crippen LogP) is 2.30. The van der Waals surface area contributed by atoms with Gasteiger partial charge in [-0.05, 0) is 12.5 Å². The minimum absolute atomic E-state index is 0.165. The smallest absolute Gasteiger partial charge is 0.308 e. The van der Waals surface area contributed by atoms with Gasteiger partial charge in [0.15, 0.2) is 0 Å². The number of rotatable bonds is 3. The molecule has 1 aromatic carbocycles. The predicted molar refractivity (Wildman–Crippen MR) is 59.8 cm³/mol. The molecule has 0 unspecified atom stereocenters. The summed E-state index contributed by atoms with van der Waals surface area (Å²) in [6, 6.07) is 9.98. The van der Waals surface area contributed by atoms with Gasteiger partial charge in [-0.3, -0.25) is 4.79 Å². The molecule has 3 nitrogen and oxygen atoms in total. The Morgan fingerprint density at radius 3 is 2.81 bits per heavy atom. The highest BCUT2D eigenvalue weighted by molar-refractivity contribution is 5.71. The molecule has 86 valence electrons. The second kappa shape index (κ2) is 4.66. The van der Waals surface area contributed by atoms with E-state index >= 15 is 0 Å². The second-order valence-corrected chi connectivity index (χ2v) is 4.37. The molecule has 1 saturated heterocycles. The Morgan fingerprint density at radius 1 is 1.38 bits per heavy atom. The van der Waals surface area contributed by atoms with E-state index < -0.39 is 0 Å². The van der Waals surface area contributed by atoms with Gasteiger partial charge in [-0.2, -0.15) is 0 Å². The summed E-state index contributed by atoms with van der Waals surface area (Å²) in [7, 11) is 0. The van der Waals surface area contributed by atoms with E-state index in [9.17, 15) is 4.79 Å². The lowest BCUT2D eigenvalue weighted by Gasteiger charge is -2.32. The number of cyclic esters (lactones) is 1. The van der Waals surface area contributed by atoms with Crippen LogP contribution in [-0.4, -0.2) is 18.2 Å². The lowest BCUT2D eigenvalue weighted by Crippen LogP contribution is -2.38. The first-order valence-corrected chi connectivity index (χ1v) is 5.51. The molecule has 0 amide bonds. The van der Waals surface area contributed by atoms with Crippen molar-refractivity contribution in [1.29, 1.82) is 0 Å². The zero-order valence-corrected chi connectivity index (χ0v) is 9.44. The topological polar surface area (TPSA) is 35.5 Å². The summed E-state index contributed by atoms with van der Waals surface area (Å²) in [6.07, 6.45) is 1.12. The van der Waals surface area contributed by atoms with Gasteiger partial charge in [-0.1, -0.05) is 30.3 Å². The summed E-state index contributed by atoms with van der Waals surface area (Å²) < 4.78 is 10.7. The first kappa shape index (κ1) is 11.1. The summed E-state index contributed by atoms with van der Waals surface area (Å²) >= 11 is 0. The number of carbonyl (C=O) groups excluding carboxylic acids is 1. The van der Waals surface area contributed by atoms with E-state index in [1.165, 1.54) is 0 Å². The van der Waals surface area contributed by atoms with E-state index in [0.717, 1.165) is 12.0 Å². The van der Waals surface area contributed by atoms with Gasteiger partial charge in [0, 0.05) is 6.42 Å². The molecule has 0 N–H and O–H groups in total.